The van der Waals surface area contributed by atoms with Gasteiger partial charge in [0.2, 0.25) is 0 Å². The highest BCUT2D eigenvalue weighted by Crippen LogP contribution is 2.20. The molecule has 0 amide bonds. The molecule has 0 spiro atoms. The Kier molecular flexibility index (Phi) is 5.43. The Hall–Kier alpha value is -0.930. The van der Waals surface area contributed by atoms with Gasteiger partial charge in [0.25, 0.3) is 0 Å². The third kappa shape index (κ3) is 4.29. The summed E-state index contributed by atoms with van der Waals surface area (Å²) >= 11 is 0. The zero-order valence-electron chi connectivity index (χ0n) is 10.4. The summed E-state index contributed by atoms with van der Waals surface area (Å²) in [4.78, 5) is 4.16. The average molecular weight is 221 g/mol. The standard InChI is InChI=1S/C13H23N3/c1-13(2,11-16-8-4-3-7-14)12-6-5-9-15-10-12/h5-6,9-10,16H,3-4,7-8,11,14H2,1-2H3. The minimum absolute atomic E-state index is 0.136. The summed E-state index contributed by atoms with van der Waals surface area (Å²) in [6, 6.07) is 4.13. The van der Waals surface area contributed by atoms with Crippen molar-refractivity contribution in [3.05, 3.63) is 30.1 Å². The lowest BCUT2D eigenvalue weighted by atomic mass is 9.86. The molecule has 1 heterocycles. The van der Waals surface area contributed by atoms with Crippen LogP contribution in [-0.4, -0.2) is 24.6 Å². The molecule has 16 heavy (non-hydrogen) atoms. The lowest BCUT2D eigenvalue weighted by molar-refractivity contribution is 0.463. The average Bonchev–Trinajstić information content (AvgIpc) is 2.30. The molecule has 1 rings (SSSR count). The van der Waals surface area contributed by atoms with E-state index in [1.54, 1.807) is 0 Å². The normalized spacial score (nSPS) is 11.7. The van der Waals surface area contributed by atoms with Crippen LogP contribution in [0.4, 0.5) is 0 Å². The highest BCUT2D eigenvalue weighted by molar-refractivity contribution is 5.19. The molecule has 0 atom stereocenters. The third-order valence-electron chi connectivity index (χ3n) is 2.82. The van der Waals surface area contributed by atoms with Crippen molar-refractivity contribution in [3.63, 3.8) is 0 Å². The van der Waals surface area contributed by atoms with Crippen LogP contribution < -0.4 is 11.1 Å². The zero-order chi connectivity index (χ0) is 11.9. The van der Waals surface area contributed by atoms with Gasteiger partial charge in [-0.25, -0.2) is 0 Å². The Morgan fingerprint density at radius 2 is 2.19 bits per heavy atom. The van der Waals surface area contributed by atoms with Gasteiger partial charge in [-0.15, -0.1) is 0 Å². The largest absolute Gasteiger partial charge is 0.330 e. The first kappa shape index (κ1) is 13.1. The number of nitrogens with two attached hydrogens (primary N) is 1. The van der Waals surface area contributed by atoms with Crippen LogP contribution in [-0.2, 0) is 5.41 Å². The summed E-state index contributed by atoms with van der Waals surface area (Å²) < 4.78 is 0. The predicted octanol–water partition coefficient (Wildman–Crippen LogP) is 1.69. The number of pyridine rings is 1. The molecule has 3 nitrogen and oxygen atoms in total. The van der Waals surface area contributed by atoms with E-state index in [4.69, 9.17) is 5.73 Å². The highest BCUT2D eigenvalue weighted by atomic mass is 14.9. The monoisotopic (exact) mass is 221 g/mol. The third-order valence-corrected chi connectivity index (χ3v) is 2.82. The topological polar surface area (TPSA) is 50.9 Å². The van der Waals surface area contributed by atoms with Crippen LogP contribution in [0.1, 0.15) is 32.3 Å². The van der Waals surface area contributed by atoms with E-state index in [2.05, 4.69) is 30.2 Å². The van der Waals surface area contributed by atoms with E-state index in [0.29, 0.717) is 0 Å². The van der Waals surface area contributed by atoms with Crippen molar-refractivity contribution in [2.24, 2.45) is 5.73 Å². The maximum absolute atomic E-state index is 5.45. The Balaban J connectivity index is 2.35. The summed E-state index contributed by atoms with van der Waals surface area (Å²) in [5, 5.41) is 3.48. The SMILES string of the molecule is CC(C)(CNCCCCN)c1cccnc1. The van der Waals surface area contributed by atoms with Crippen LogP contribution in [0.15, 0.2) is 24.5 Å². The molecular weight excluding hydrogens is 198 g/mol. The fourth-order valence-corrected chi connectivity index (χ4v) is 1.66. The van der Waals surface area contributed by atoms with Gasteiger partial charge in [-0.3, -0.25) is 4.98 Å². The molecule has 0 saturated carbocycles. The van der Waals surface area contributed by atoms with Gasteiger partial charge in [0.1, 0.15) is 0 Å². The Morgan fingerprint density at radius 1 is 1.38 bits per heavy atom. The highest BCUT2D eigenvalue weighted by Gasteiger charge is 2.19. The van der Waals surface area contributed by atoms with E-state index in [0.717, 1.165) is 32.5 Å². The van der Waals surface area contributed by atoms with Crippen LogP contribution in [0.25, 0.3) is 0 Å². The van der Waals surface area contributed by atoms with Gasteiger partial charge in [-0.1, -0.05) is 19.9 Å². The number of unbranched alkanes of at least 4 members (excludes halogenated alkanes) is 1. The molecule has 0 aliphatic rings. The number of nitrogens with zero attached hydrogens (tertiary/aromatic N) is 1. The van der Waals surface area contributed by atoms with Crippen LogP contribution in [0.5, 0.6) is 0 Å². The summed E-state index contributed by atoms with van der Waals surface area (Å²) in [6.45, 7) is 7.28. The smallest absolute Gasteiger partial charge is 0.0305 e. The van der Waals surface area contributed by atoms with Gasteiger partial charge in [0, 0.05) is 24.4 Å². The minimum Gasteiger partial charge on any atom is -0.330 e. The van der Waals surface area contributed by atoms with Crippen molar-refractivity contribution >= 4 is 0 Å². The minimum atomic E-state index is 0.136. The van der Waals surface area contributed by atoms with Gasteiger partial charge in [0.15, 0.2) is 0 Å². The molecule has 3 heteroatoms. The maximum Gasteiger partial charge on any atom is 0.0305 e. The van der Waals surface area contributed by atoms with Gasteiger partial charge in [-0.2, -0.15) is 0 Å². The van der Waals surface area contributed by atoms with Crippen LogP contribution >= 0.6 is 0 Å². The molecule has 0 fully saturated rings. The first-order valence-electron chi connectivity index (χ1n) is 5.98. The molecule has 0 aliphatic carbocycles. The number of rotatable bonds is 7. The number of nitrogens with one attached hydrogen (secondary N) is 1. The van der Waals surface area contributed by atoms with Crippen molar-refractivity contribution in [2.75, 3.05) is 19.6 Å². The quantitative estimate of drug-likeness (QED) is 0.689. The first-order valence-corrected chi connectivity index (χ1v) is 5.98. The molecule has 0 aliphatic heterocycles. The van der Waals surface area contributed by atoms with E-state index in [-0.39, 0.29) is 5.41 Å². The Labute approximate surface area is 98.5 Å². The molecule has 0 saturated heterocycles. The van der Waals surface area contributed by atoms with Gasteiger partial charge < -0.3 is 11.1 Å². The predicted molar refractivity (Wildman–Crippen MR) is 68.4 cm³/mol. The number of hydrogen-bond donors (Lipinski definition) is 2. The van der Waals surface area contributed by atoms with Gasteiger partial charge in [-0.05, 0) is 37.6 Å². The second kappa shape index (κ2) is 6.61. The summed E-state index contributed by atoms with van der Waals surface area (Å²) in [5.74, 6) is 0. The molecule has 1 aromatic rings. The van der Waals surface area contributed by atoms with Gasteiger partial charge >= 0.3 is 0 Å². The molecule has 0 aromatic carbocycles. The lowest BCUT2D eigenvalue weighted by Gasteiger charge is -2.25. The second-order valence-electron chi connectivity index (χ2n) is 4.80. The van der Waals surface area contributed by atoms with Crippen molar-refractivity contribution < 1.29 is 0 Å². The van der Waals surface area contributed by atoms with Crippen molar-refractivity contribution in [2.45, 2.75) is 32.1 Å². The maximum atomic E-state index is 5.45. The zero-order valence-corrected chi connectivity index (χ0v) is 10.4. The molecule has 0 bridgehead atoms. The Morgan fingerprint density at radius 3 is 2.81 bits per heavy atom. The number of aromatic nitrogens is 1. The number of hydrogen-bond acceptors (Lipinski definition) is 3. The lowest BCUT2D eigenvalue weighted by Crippen LogP contribution is -2.33. The van der Waals surface area contributed by atoms with E-state index < -0.39 is 0 Å². The fraction of sp³-hybridized carbons (Fsp3) is 0.615. The second-order valence-corrected chi connectivity index (χ2v) is 4.80. The molecule has 90 valence electrons. The van der Waals surface area contributed by atoms with Gasteiger partial charge in [0.05, 0.1) is 0 Å². The van der Waals surface area contributed by atoms with Crippen LogP contribution in [0.3, 0.4) is 0 Å². The summed E-state index contributed by atoms with van der Waals surface area (Å²) in [6.07, 6.45) is 6.01. The Bertz CT molecular complexity index is 282. The van der Waals surface area contributed by atoms with Crippen LogP contribution in [0.2, 0.25) is 0 Å². The summed E-state index contributed by atoms with van der Waals surface area (Å²) in [5.41, 5.74) is 6.87. The fourth-order valence-electron chi connectivity index (χ4n) is 1.66. The van der Waals surface area contributed by atoms with E-state index in [1.807, 2.05) is 18.5 Å². The summed E-state index contributed by atoms with van der Waals surface area (Å²) in [7, 11) is 0. The van der Waals surface area contributed by atoms with E-state index in [9.17, 15) is 0 Å². The molecular formula is C13H23N3. The molecule has 1 aromatic heterocycles. The molecule has 3 N–H and O–H groups in total. The first-order chi connectivity index (χ1) is 7.67. The van der Waals surface area contributed by atoms with E-state index >= 15 is 0 Å². The van der Waals surface area contributed by atoms with Crippen LogP contribution in [0, 0.1) is 0 Å². The van der Waals surface area contributed by atoms with Crippen molar-refractivity contribution in [3.8, 4) is 0 Å². The molecule has 0 radical (unpaired) electrons. The van der Waals surface area contributed by atoms with Crippen molar-refractivity contribution in [1.29, 1.82) is 0 Å². The molecule has 0 unspecified atom stereocenters. The van der Waals surface area contributed by atoms with Crippen molar-refractivity contribution in [1.82, 2.24) is 10.3 Å². The van der Waals surface area contributed by atoms with E-state index in [1.165, 1.54) is 5.56 Å².